The Morgan fingerprint density at radius 3 is 1.57 bits per heavy atom. The molecule has 2 nitrogen and oxygen atoms in total. The summed E-state index contributed by atoms with van der Waals surface area (Å²) in [5.41, 5.74) is 0. The number of hydrogen-bond donors (Lipinski definition) is 0. The molecule has 0 bridgehead atoms. The highest BCUT2D eigenvalue weighted by molar-refractivity contribution is 4.96. The largest absolute Gasteiger partial charge is 0.356 e. The molecule has 2 heteroatoms. The third-order valence-corrected chi connectivity index (χ3v) is 5.07. The van der Waals surface area contributed by atoms with Gasteiger partial charge in [0.1, 0.15) is 6.17 Å². The van der Waals surface area contributed by atoms with Crippen molar-refractivity contribution < 1.29 is 0 Å². The lowest BCUT2D eigenvalue weighted by Gasteiger charge is -2.33. The van der Waals surface area contributed by atoms with Crippen LogP contribution in [0.1, 0.15) is 104 Å². The average molecular weight is 323 g/mol. The maximum absolute atomic E-state index is 2.63. The molecule has 136 valence electrons. The first kappa shape index (κ1) is 20.4. The van der Waals surface area contributed by atoms with E-state index in [1.807, 2.05) is 0 Å². The number of hydrogen-bond acceptors (Lipinski definition) is 2. The second-order valence-corrected chi connectivity index (χ2v) is 7.23. The number of nitrogens with zero attached hydrogens (tertiary/aromatic N) is 2. The van der Waals surface area contributed by atoms with Crippen LogP contribution in [-0.4, -0.2) is 29.1 Å². The SMILES string of the molecule is CCCCCCCC1N(CCCCC)C=CN1CCCCCC. The zero-order valence-electron chi connectivity index (χ0n) is 16.2. The molecule has 23 heavy (non-hydrogen) atoms. The lowest BCUT2D eigenvalue weighted by atomic mass is 10.1. The van der Waals surface area contributed by atoms with Crippen LogP contribution in [-0.2, 0) is 0 Å². The van der Waals surface area contributed by atoms with Gasteiger partial charge in [-0.05, 0) is 25.7 Å². The van der Waals surface area contributed by atoms with Gasteiger partial charge in [-0.15, -0.1) is 0 Å². The molecular weight excluding hydrogens is 280 g/mol. The molecule has 1 aliphatic heterocycles. The van der Waals surface area contributed by atoms with Gasteiger partial charge in [0.15, 0.2) is 0 Å². The maximum Gasteiger partial charge on any atom is 0.101 e. The molecular formula is C21H42N2. The Bertz CT molecular complexity index is 288. The second-order valence-electron chi connectivity index (χ2n) is 7.23. The first-order chi connectivity index (χ1) is 11.3. The smallest absolute Gasteiger partial charge is 0.101 e. The summed E-state index contributed by atoms with van der Waals surface area (Å²) in [7, 11) is 0. The third-order valence-electron chi connectivity index (χ3n) is 5.07. The quantitative estimate of drug-likeness (QED) is 0.316. The fraction of sp³-hybridized carbons (Fsp3) is 0.905. The summed E-state index contributed by atoms with van der Waals surface area (Å²) in [6, 6.07) is 0. The molecule has 1 heterocycles. The lowest BCUT2D eigenvalue weighted by Crippen LogP contribution is -2.39. The molecule has 1 rings (SSSR count). The maximum atomic E-state index is 2.63. The predicted octanol–water partition coefficient (Wildman–Crippen LogP) is 6.53. The van der Waals surface area contributed by atoms with Gasteiger partial charge in [0.2, 0.25) is 0 Å². The van der Waals surface area contributed by atoms with E-state index in [2.05, 4.69) is 43.0 Å². The van der Waals surface area contributed by atoms with E-state index in [9.17, 15) is 0 Å². The monoisotopic (exact) mass is 322 g/mol. The van der Waals surface area contributed by atoms with Crippen LogP contribution in [0, 0.1) is 0 Å². The first-order valence-electron chi connectivity index (χ1n) is 10.5. The molecule has 0 saturated heterocycles. The summed E-state index contributed by atoms with van der Waals surface area (Å²) < 4.78 is 0. The Balaban J connectivity index is 2.36. The van der Waals surface area contributed by atoms with E-state index in [1.165, 1.54) is 96.6 Å². The fourth-order valence-electron chi connectivity index (χ4n) is 3.54. The Morgan fingerprint density at radius 1 is 0.565 bits per heavy atom. The molecule has 0 fully saturated rings. The van der Waals surface area contributed by atoms with Gasteiger partial charge in [-0.1, -0.05) is 78.6 Å². The van der Waals surface area contributed by atoms with Crippen molar-refractivity contribution in [2.45, 2.75) is 110 Å². The fourth-order valence-corrected chi connectivity index (χ4v) is 3.54. The minimum absolute atomic E-state index is 0.648. The van der Waals surface area contributed by atoms with Crippen molar-refractivity contribution in [2.24, 2.45) is 0 Å². The summed E-state index contributed by atoms with van der Waals surface area (Å²) in [4.78, 5) is 5.25. The summed E-state index contributed by atoms with van der Waals surface area (Å²) >= 11 is 0. The molecule has 0 aromatic heterocycles. The summed E-state index contributed by atoms with van der Waals surface area (Å²) in [6.45, 7) is 9.39. The van der Waals surface area contributed by atoms with Gasteiger partial charge in [-0.2, -0.15) is 0 Å². The first-order valence-corrected chi connectivity index (χ1v) is 10.5. The van der Waals surface area contributed by atoms with E-state index < -0.39 is 0 Å². The van der Waals surface area contributed by atoms with Crippen molar-refractivity contribution in [3.05, 3.63) is 12.4 Å². The molecule has 1 unspecified atom stereocenters. The van der Waals surface area contributed by atoms with Gasteiger partial charge in [0.05, 0.1) is 0 Å². The lowest BCUT2D eigenvalue weighted by molar-refractivity contribution is 0.135. The van der Waals surface area contributed by atoms with Crippen molar-refractivity contribution in [3.63, 3.8) is 0 Å². The van der Waals surface area contributed by atoms with Crippen LogP contribution in [0.15, 0.2) is 12.4 Å². The zero-order chi connectivity index (χ0) is 16.8. The van der Waals surface area contributed by atoms with Crippen LogP contribution < -0.4 is 0 Å². The molecule has 0 radical (unpaired) electrons. The molecule has 0 saturated carbocycles. The third kappa shape index (κ3) is 8.67. The topological polar surface area (TPSA) is 6.48 Å². The van der Waals surface area contributed by atoms with Crippen LogP contribution in [0.3, 0.4) is 0 Å². The summed E-state index contributed by atoms with van der Waals surface area (Å²) in [6.07, 6.45) is 23.2. The average Bonchev–Trinajstić information content (AvgIpc) is 2.94. The molecule has 1 atom stereocenters. The van der Waals surface area contributed by atoms with Gasteiger partial charge in [0.25, 0.3) is 0 Å². The van der Waals surface area contributed by atoms with Crippen LogP contribution in [0.25, 0.3) is 0 Å². The molecule has 0 aromatic carbocycles. The second kappa shape index (κ2) is 13.7. The predicted molar refractivity (Wildman–Crippen MR) is 103 cm³/mol. The Labute approximate surface area is 146 Å². The van der Waals surface area contributed by atoms with Gasteiger partial charge < -0.3 is 9.80 Å². The van der Waals surface area contributed by atoms with E-state index in [0.29, 0.717) is 6.17 Å². The van der Waals surface area contributed by atoms with Crippen molar-refractivity contribution in [2.75, 3.05) is 13.1 Å². The Hall–Kier alpha value is -0.660. The molecule has 1 aliphatic rings. The Morgan fingerprint density at radius 2 is 1.00 bits per heavy atom. The number of unbranched alkanes of at least 4 members (excludes halogenated alkanes) is 9. The minimum Gasteiger partial charge on any atom is -0.356 e. The number of rotatable bonds is 15. The van der Waals surface area contributed by atoms with E-state index in [4.69, 9.17) is 0 Å². The normalized spacial score (nSPS) is 17.4. The molecule has 0 amide bonds. The van der Waals surface area contributed by atoms with Crippen LogP contribution in [0.5, 0.6) is 0 Å². The molecule has 0 aromatic rings. The van der Waals surface area contributed by atoms with E-state index in [0.717, 1.165) is 0 Å². The van der Waals surface area contributed by atoms with Crippen LogP contribution >= 0.6 is 0 Å². The summed E-state index contributed by atoms with van der Waals surface area (Å²) in [5.74, 6) is 0. The van der Waals surface area contributed by atoms with E-state index >= 15 is 0 Å². The van der Waals surface area contributed by atoms with Crippen LogP contribution in [0.4, 0.5) is 0 Å². The van der Waals surface area contributed by atoms with E-state index in [-0.39, 0.29) is 0 Å². The minimum atomic E-state index is 0.648. The van der Waals surface area contributed by atoms with Gasteiger partial charge in [-0.25, -0.2) is 0 Å². The highest BCUT2D eigenvalue weighted by Crippen LogP contribution is 2.23. The highest BCUT2D eigenvalue weighted by Gasteiger charge is 2.24. The molecule has 0 aliphatic carbocycles. The summed E-state index contributed by atoms with van der Waals surface area (Å²) in [5, 5.41) is 0. The standard InChI is InChI=1S/C21H42N2/c1-4-7-10-12-13-16-21-22(17-14-9-6-3)19-20-23(21)18-15-11-8-5-2/h19-21H,4-18H2,1-3H3. The molecule has 0 N–H and O–H groups in total. The van der Waals surface area contributed by atoms with Crippen molar-refractivity contribution in [3.8, 4) is 0 Å². The zero-order valence-corrected chi connectivity index (χ0v) is 16.2. The van der Waals surface area contributed by atoms with Crippen molar-refractivity contribution in [1.82, 2.24) is 9.80 Å². The highest BCUT2D eigenvalue weighted by atomic mass is 15.4. The van der Waals surface area contributed by atoms with Gasteiger partial charge in [-0.3, -0.25) is 0 Å². The molecule has 0 spiro atoms. The van der Waals surface area contributed by atoms with Crippen molar-refractivity contribution >= 4 is 0 Å². The van der Waals surface area contributed by atoms with Gasteiger partial charge in [0, 0.05) is 25.5 Å². The van der Waals surface area contributed by atoms with Crippen LogP contribution in [0.2, 0.25) is 0 Å². The Kier molecular flexibility index (Phi) is 12.2. The van der Waals surface area contributed by atoms with E-state index in [1.54, 1.807) is 0 Å². The van der Waals surface area contributed by atoms with Gasteiger partial charge >= 0.3 is 0 Å². The van der Waals surface area contributed by atoms with Crippen molar-refractivity contribution in [1.29, 1.82) is 0 Å².